The molecule has 0 saturated heterocycles. The van der Waals surface area contributed by atoms with Gasteiger partial charge in [0.25, 0.3) is 0 Å². The summed E-state index contributed by atoms with van der Waals surface area (Å²) in [5.41, 5.74) is 0. The summed E-state index contributed by atoms with van der Waals surface area (Å²) in [5.74, 6) is -0.507. The van der Waals surface area contributed by atoms with Gasteiger partial charge in [0.05, 0.1) is 10.6 Å². The van der Waals surface area contributed by atoms with E-state index < -0.39 is 9.84 Å². The number of hydrogen-bond donors (Lipinski definition) is 0. The lowest BCUT2D eigenvalue weighted by atomic mass is 10.3. The fourth-order valence-electron chi connectivity index (χ4n) is 1.50. The van der Waals surface area contributed by atoms with Crippen molar-refractivity contribution in [1.82, 2.24) is 0 Å². The molecule has 0 radical (unpaired) electrons. The third-order valence-corrected chi connectivity index (χ3v) is 5.08. The number of Topliss-reactive ketones (excluding diaryl/α,β-unsaturated/α-hetero) is 1. The molecular weight excluding hydrogens is 256 g/mol. The molecule has 96 valence electrons. The molecule has 0 bridgehead atoms. The van der Waals surface area contributed by atoms with Crippen LogP contribution in [0.1, 0.15) is 40.7 Å². The molecule has 0 unspecified atom stereocenters. The third kappa shape index (κ3) is 5.00. The monoisotopic (exact) mass is 274 g/mol. The van der Waals surface area contributed by atoms with Gasteiger partial charge >= 0.3 is 0 Å². The lowest BCUT2D eigenvalue weighted by Gasteiger charge is -2.02. The fourth-order valence-corrected chi connectivity index (χ4v) is 3.74. The summed E-state index contributed by atoms with van der Waals surface area (Å²) in [7, 11) is -3.23. The van der Waals surface area contributed by atoms with Gasteiger partial charge in [-0.2, -0.15) is 0 Å². The van der Waals surface area contributed by atoms with Crippen LogP contribution >= 0.6 is 11.3 Å². The molecule has 3 nitrogen and oxygen atoms in total. The largest absolute Gasteiger partial charge is 0.292 e. The number of sulfone groups is 1. The first-order chi connectivity index (χ1) is 7.94. The second kappa shape index (κ2) is 6.31. The summed E-state index contributed by atoms with van der Waals surface area (Å²) in [6.45, 7) is 3.92. The second-order valence-electron chi connectivity index (χ2n) is 4.13. The van der Waals surface area contributed by atoms with E-state index in [2.05, 4.69) is 0 Å². The maximum absolute atomic E-state index is 11.7. The summed E-state index contributed by atoms with van der Waals surface area (Å²) in [6.07, 6.45) is 2.52. The van der Waals surface area contributed by atoms with E-state index in [9.17, 15) is 13.2 Å². The zero-order valence-electron chi connectivity index (χ0n) is 10.2. The van der Waals surface area contributed by atoms with Crippen LogP contribution in [0.3, 0.4) is 0 Å². The van der Waals surface area contributed by atoms with E-state index in [4.69, 9.17) is 0 Å². The second-order valence-corrected chi connectivity index (χ2v) is 7.60. The minimum absolute atomic E-state index is 0.122. The van der Waals surface area contributed by atoms with E-state index in [1.165, 1.54) is 11.3 Å². The van der Waals surface area contributed by atoms with Gasteiger partial charge in [0.2, 0.25) is 0 Å². The Balaban J connectivity index is 2.56. The topological polar surface area (TPSA) is 51.2 Å². The van der Waals surface area contributed by atoms with Gasteiger partial charge in [0, 0.05) is 4.88 Å². The molecule has 1 heterocycles. The van der Waals surface area contributed by atoms with Crippen LogP contribution in [0.4, 0.5) is 0 Å². The first-order valence-corrected chi connectivity index (χ1v) is 8.38. The predicted octanol–water partition coefficient (Wildman–Crippen LogP) is 2.84. The summed E-state index contributed by atoms with van der Waals surface area (Å²) in [5, 5.41) is 0. The Morgan fingerprint density at radius 1 is 1.29 bits per heavy atom. The highest BCUT2D eigenvalue weighted by Crippen LogP contribution is 2.16. The Morgan fingerprint density at radius 2 is 2.00 bits per heavy atom. The van der Waals surface area contributed by atoms with E-state index in [1.54, 1.807) is 6.07 Å². The lowest BCUT2D eigenvalue weighted by Crippen LogP contribution is -2.18. The summed E-state index contributed by atoms with van der Waals surface area (Å²) in [4.78, 5) is 13.3. The van der Waals surface area contributed by atoms with Gasteiger partial charge in [-0.15, -0.1) is 11.3 Å². The zero-order valence-corrected chi connectivity index (χ0v) is 11.9. The molecule has 0 saturated carbocycles. The Kier molecular flexibility index (Phi) is 5.33. The maximum Gasteiger partial charge on any atom is 0.187 e. The van der Waals surface area contributed by atoms with Crippen molar-refractivity contribution in [1.29, 1.82) is 0 Å². The Labute approximate surface area is 107 Å². The number of thiophene rings is 1. The molecule has 0 fully saturated rings. The average molecular weight is 274 g/mol. The zero-order chi connectivity index (χ0) is 12.9. The van der Waals surface area contributed by atoms with Crippen molar-refractivity contribution in [3.63, 3.8) is 0 Å². The number of hydrogen-bond acceptors (Lipinski definition) is 4. The number of rotatable bonds is 7. The van der Waals surface area contributed by atoms with E-state index in [0.29, 0.717) is 11.3 Å². The summed E-state index contributed by atoms with van der Waals surface area (Å²) in [6, 6.07) is 3.53. The quantitative estimate of drug-likeness (QED) is 0.567. The molecule has 1 aromatic heterocycles. The molecule has 0 aliphatic heterocycles. The molecule has 0 amide bonds. The molecule has 17 heavy (non-hydrogen) atoms. The Hall–Kier alpha value is -0.680. The van der Waals surface area contributed by atoms with Crippen LogP contribution in [0.5, 0.6) is 0 Å². The summed E-state index contributed by atoms with van der Waals surface area (Å²) < 4.78 is 23.4. The SMILES string of the molecule is CCCCCS(=O)(=O)CC(=O)c1ccc(C)s1. The number of ketones is 1. The van der Waals surface area contributed by atoms with Crippen molar-refractivity contribution >= 4 is 27.0 Å². The van der Waals surface area contributed by atoms with E-state index >= 15 is 0 Å². The highest BCUT2D eigenvalue weighted by atomic mass is 32.2. The molecule has 0 aliphatic carbocycles. The van der Waals surface area contributed by atoms with Crippen molar-refractivity contribution in [2.24, 2.45) is 0 Å². The van der Waals surface area contributed by atoms with Crippen LogP contribution in [0.25, 0.3) is 0 Å². The van der Waals surface area contributed by atoms with Crippen molar-refractivity contribution in [2.75, 3.05) is 11.5 Å². The van der Waals surface area contributed by atoms with Crippen molar-refractivity contribution < 1.29 is 13.2 Å². The van der Waals surface area contributed by atoms with E-state index in [-0.39, 0.29) is 17.3 Å². The van der Waals surface area contributed by atoms with Crippen molar-refractivity contribution in [2.45, 2.75) is 33.1 Å². The predicted molar refractivity (Wildman–Crippen MR) is 71.6 cm³/mol. The van der Waals surface area contributed by atoms with Gasteiger partial charge < -0.3 is 0 Å². The number of aryl methyl sites for hydroxylation is 1. The molecular formula is C12H18O3S2. The Morgan fingerprint density at radius 3 is 2.53 bits per heavy atom. The van der Waals surface area contributed by atoms with Crippen LogP contribution in [0, 0.1) is 6.92 Å². The van der Waals surface area contributed by atoms with Crippen LogP contribution in [0.15, 0.2) is 12.1 Å². The van der Waals surface area contributed by atoms with Gasteiger partial charge in [-0.05, 0) is 25.5 Å². The third-order valence-electron chi connectivity index (χ3n) is 2.43. The minimum Gasteiger partial charge on any atom is -0.292 e. The minimum atomic E-state index is -3.23. The molecule has 1 rings (SSSR count). The maximum atomic E-state index is 11.7. The van der Waals surface area contributed by atoms with Gasteiger partial charge in [-0.1, -0.05) is 19.8 Å². The van der Waals surface area contributed by atoms with Gasteiger partial charge in [0.1, 0.15) is 5.75 Å². The van der Waals surface area contributed by atoms with Gasteiger partial charge in [-0.3, -0.25) is 4.79 Å². The van der Waals surface area contributed by atoms with Crippen LogP contribution in [-0.4, -0.2) is 25.7 Å². The molecule has 0 spiro atoms. The van der Waals surface area contributed by atoms with Crippen LogP contribution in [0.2, 0.25) is 0 Å². The van der Waals surface area contributed by atoms with Gasteiger partial charge in [0.15, 0.2) is 15.6 Å². The number of carbonyl (C=O) groups excluding carboxylic acids is 1. The Bertz CT molecular complexity index is 472. The highest BCUT2D eigenvalue weighted by molar-refractivity contribution is 7.92. The van der Waals surface area contributed by atoms with E-state index in [1.807, 2.05) is 19.9 Å². The van der Waals surface area contributed by atoms with Crippen LogP contribution in [-0.2, 0) is 9.84 Å². The van der Waals surface area contributed by atoms with E-state index in [0.717, 1.165) is 17.7 Å². The first kappa shape index (κ1) is 14.4. The lowest BCUT2D eigenvalue weighted by molar-refractivity contribution is 0.102. The molecule has 5 heteroatoms. The van der Waals surface area contributed by atoms with Gasteiger partial charge in [-0.25, -0.2) is 8.42 Å². The number of carbonyl (C=O) groups is 1. The first-order valence-electron chi connectivity index (χ1n) is 5.74. The number of unbranched alkanes of at least 4 members (excludes halogenated alkanes) is 2. The molecule has 0 N–H and O–H groups in total. The molecule has 1 aromatic rings. The van der Waals surface area contributed by atoms with Crippen LogP contribution < -0.4 is 0 Å². The normalized spacial score (nSPS) is 11.6. The average Bonchev–Trinajstić information content (AvgIpc) is 2.64. The fraction of sp³-hybridized carbons (Fsp3) is 0.583. The standard InChI is InChI=1S/C12H18O3S2/c1-3-4-5-8-17(14,15)9-11(13)12-7-6-10(2)16-12/h6-7H,3-5,8-9H2,1-2H3. The molecule has 0 atom stereocenters. The van der Waals surface area contributed by atoms with Crippen molar-refractivity contribution in [3.8, 4) is 0 Å². The van der Waals surface area contributed by atoms with Crippen molar-refractivity contribution in [3.05, 3.63) is 21.9 Å². The molecule has 0 aliphatic rings. The molecule has 0 aromatic carbocycles. The highest BCUT2D eigenvalue weighted by Gasteiger charge is 2.18. The smallest absolute Gasteiger partial charge is 0.187 e. The summed E-state index contributed by atoms with van der Waals surface area (Å²) >= 11 is 1.35.